The minimum Gasteiger partial charge on any atom is -0.309 e. The molecule has 1 nitrogen and oxygen atoms in total. The van der Waals surface area contributed by atoms with Gasteiger partial charge in [-0.05, 0) is 86.0 Å². The number of hydrogen-bond donors (Lipinski definition) is 0. The summed E-state index contributed by atoms with van der Waals surface area (Å²) in [6, 6.07) is 78.2. The van der Waals surface area contributed by atoms with E-state index in [1.54, 1.807) is 0 Å². The number of benzene rings is 9. The van der Waals surface area contributed by atoms with E-state index in [0.29, 0.717) is 0 Å². The van der Waals surface area contributed by atoms with E-state index in [1.807, 2.05) is 11.3 Å². The Labute approximate surface area is 350 Å². The fourth-order valence-corrected chi connectivity index (χ4v) is 10.8. The SMILES string of the molecule is CC1(C)c2ccccc2-c2c(-c3ccccc3N(c3cccc(-c4ccccc4)c3-c3ccccc3-c3ccccc3)c3cccc4sc5ccccc5c34)cccc21. The van der Waals surface area contributed by atoms with Gasteiger partial charge in [0.25, 0.3) is 0 Å². The molecule has 1 aliphatic rings. The van der Waals surface area contributed by atoms with Crippen molar-refractivity contribution >= 4 is 48.6 Å². The summed E-state index contributed by atoms with van der Waals surface area (Å²) in [5.74, 6) is 0. The van der Waals surface area contributed by atoms with E-state index >= 15 is 0 Å². The highest BCUT2D eigenvalue weighted by Crippen LogP contribution is 2.56. The lowest BCUT2D eigenvalue weighted by molar-refractivity contribution is 0.660. The van der Waals surface area contributed by atoms with Crippen molar-refractivity contribution < 1.29 is 0 Å². The first-order valence-electron chi connectivity index (χ1n) is 20.4. The Kier molecular flexibility index (Phi) is 8.43. The molecule has 0 atom stereocenters. The van der Waals surface area contributed by atoms with Crippen LogP contribution in [0.1, 0.15) is 25.0 Å². The van der Waals surface area contributed by atoms with Crippen LogP contribution < -0.4 is 4.90 Å². The molecule has 0 N–H and O–H groups in total. The number of anilines is 3. The maximum absolute atomic E-state index is 2.58. The smallest absolute Gasteiger partial charge is 0.0555 e. The Bertz CT molecular complexity index is 3190. The van der Waals surface area contributed by atoms with Gasteiger partial charge in [-0.2, -0.15) is 0 Å². The Morgan fingerprint density at radius 3 is 1.64 bits per heavy atom. The molecule has 0 spiro atoms. The van der Waals surface area contributed by atoms with Crippen LogP contribution in [0.3, 0.4) is 0 Å². The minimum absolute atomic E-state index is 0.115. The number of nitrogens with zero attached hydrogens (tertiary/aromatic N) is 1. The average molecular weight is 772 g/mol. The predicted molar refractivity (Wildman–Crippen MR) is 253 cm³/mol. The Hall–Kier alpha value is -7.00. The lowest BCUT2D eigenvalue weighted by Crippen LogP contribution is -2.15. The predicted octanol–water partition coefficient (Wildman–Crippen LogP) is 16.5. The van der Waals surface area contributed by atoms with Crippen LogP contribution >= 0.6 is 11.3 Å². The van der Waals surface area contributed by atoms with Gasteiger partial charge in [0.15, 0.2) is 0 Å². The molecule has 9 aromatic carbocycles. The summed E-state index contributed by atoms with van der Waals surface area (Å²) in [5, 5.41) is 2.53. The highest BCUT2D eigenvalue weighted by molar-refractivity contribution is 7.26. The number of fused-ring (bicyclic) bond motifs is 6. The molecular weight excluding hydrogens is 731 g/mol. The van der Waals surface area contributed by atoms with Gasteiger partial charge in [0, 0.05) is 36.7 Å². The topological polar surface area (TPSA) is 3.24 Å². The van der Waals surface area contributed by atoms with Gasteiger partial charge in [-0.1, -0.05) is 196 Å². The highest BCUT2D eigenvalue weighted by Gasteiger charge is 2.37. The van der Waals surface area contributed by atoms with Crippen molar-refractivity contribution in [2.75, 3.05) is 4.90 Å². The fourth-order valence-electron chi connectivity index (χ4n) is 9.65. The standard InChI is InChI=1S/C57H41NS/c1-57(2)47-31-14-11-27-45(47)54-44(30-17-32-48(54)57)42-25-12-15-33-49(42)58(51-35-19-37-53-56(51)46-28-13-16-36-52(46)59-53)50-34-18-29-41(39-22-7-4-8-23-39)55(50)43-26-10-9-24-40(43)38-20-5-3-6-21-38/h3-37H,1-2H3. The van der Waals surface area contributed by atoms with Crippen molar-refractivity contribution in [2.24, 2.45) is 0 Å². The third-order valence-electron chi connectivity index (χ3n) is 12.3. The van der Waals surface area contributed by atoms with E-state index < -0.39 is 0 Å². The maximum Gasteiger partial charge on any atom is 0.0555 e. The molecule has 59 heavy (non-hydrogen) atoms. The van der Waals surface area contributed by atoms with E-state index in [1.165, 1.54) is 86.9 Å². The van der Waals surface area contributed by atoms with Gasteiger partial charge in [-0.25, -0.2) is 0 Å². The maximum atomic E-state index is 2.58. The third-order valence-corrected chi connectivity index (χ3v) is 13.4. The van der Waals surface area contributed by atoms with Crippen LogP contribution in [-0.2, 0) is 5.41 Å². The number of hydrogen-bond acceptors (Lipinski definition) is 2. The van der Waals surface area contributed by atoms with Gasteiger partial charge in [-0.15, -0.1) is 11.3 Å². The van der Waals surface area contributed by atoms with Crippen molar-refractivity contribution in [1.82, 2.24) is 0 Å². The summed E-state index contributed by atoms with van der Waals surface area (Å²) in [6.45, 7) is 4.74. The molecule has 1 heterocycles. The molecule has 2 heteroatoms. The van der Waals surface area contributed by atoms with Crippen LogP contribution in [0.25, 0.3) is 75.8 Å². The monoisotopic (exact) mass is 771 g/mol. The lowest BCUT2D eigenvalue weighted by atomic mass is 9.82. The fraction of sp³-hybridized carbons (Fsp3) is 0.0526. The van der Waals surface area contributed by atoms with E-state index in [9.17, 15) is 0 Å². The van der Waals surface area contributed by atoms with E-state index in [2.05, 4.69) is 231 Å². The number of thiophene rings is 1. The zero-order chi connectivity index (χ0) is 39.5. The molecule has 0 unspecified atom stereocenters. The molecule has 1 aromatic heterocycles. The second-order valence-electron chi connectivity index (χ2n) is 16.0. The average Bonchev–Trinajstić information content (AvgIpc) is 3.80. The highest BCUT2D eigenvalue weighted by atomic mass is 32.1. The third kappa shape index (κ3) is 5.67. The summed E-state index contributed by atoms with van der Waals surface area (Å²) in [7, 11) is 0. The molecule has 1 aliphatic carbocycles. The molecule has 0 aliphatic heterocycles. The van der Waals surface area contributed by atoms with Crippen molar-refractivity contribution in [3.8, 4) is 55.6 Å². The minimum atomic E-state index is -0.115. The molecule has 0 saturated heterocycles. The lowest BCUT2D eigenvalue weighted by Gasteiger charge is -2.32. The van der Waals surface area contributed by atoms with Crippen LogP contribution in [0.15, 0.2) is 212 Å². The summed E-state index contributed by atoms with van der Waals surface area (Å²) in [6.07, 6.45) is 0. The molecule has 0 radical (unpaired) electrons. The zero-order valence-electron chi connectivity index (χ0n) is 33.1. The molecule has 280 valence electrons. The second-order valence-corrected chi connectivity index (χ2v) is 17.1. The van der Waals surface area contributed by atoms with Crippen molar-refractivity contribution in [1.29, 1.82) is 0 Å². The van der Waals surface area contributed by atoms with Gasteiger partial charge in [0.05, 0.1) is 17.1 Å². The number of para-hydroxylation sites is 1. The summed E-state index contributed by atoms with van der Waals surface area (Å²) in [4.78, 5) is 2.58. The molecule has 0 fully saturated rings. The van der Waals surface area contributed by atoms with Gasteiger partial charge in [0.1, 0.15) is 0 Å². The van der Waals surface area contributed by atoms with Crippen LogP contribution in [0, 0.1) is 0 Å². The summed E-state index contributed by atoms with van der Waals surface area (Å²) >= 11 is 1.87. The Morgan fingerprint density at radius 1 is 0.339 bits per heavy atom. The van der Waals surface area contributed by atoms with Crippen LogP contribution in [0.4, 0.5) is 17.1 Å². The molecule has 0 amide bonds. The van der Waals surface area contributed by atoms with Crippen molar-refractivity contribution in [3.05, 3.63) is 223 Å². The van der Waals surface area contributed by atoms with Crippen molar-refractivity contribution in [2.45, 2.75) is 19.3 Å². The molecule has 11 rings (SSSR count). The number of rotatable bonds is 7. The van der Waals surface area contributed by atoms with E-state index in [4.69, 9.17) is 0 Å². The van der Waals surface area contributed by atoms with E-state index in [0.717, 1.165) is 17.1 Å². The zero-order valence-corrected chi connectivity index (χ0v) is 33.9. The first-order valence-corrected chi connectivity index (χ1v) is 21.3. The molecule has 0 bridgehead atoms. The van der Waals surface area contributed by atoms with Gasteiger partial charge in [-0.3, -0.25) is 0 Å². The van der Waals surface area contributed by atoms with Crippen LogP contribution in [0.2, 0.25) is 0 Å². The van der Waals surface area contributed by atoms with Crippen LogP contribution in [-0.4, -0.2) is 0 Å². The normalized spacial score (nSPS) is 12.7. The van der Waals surface area contributed by atoms with Crippen LogP contribution in [0.5, 0.6) is 0 Å². The summed E-state index contributed by atoms with van der Waals surface area (Å²) in [5.41, 5.74) is 18.3. The Balaban J connectivity index is 1.27. The quantitative estimate of drug-likeness (QED) is 0.156. The van der Waals surface area contributed by atoms with Gasteiger partial charge in [0.2, 0.25) is 0 Å². The first-order chi connectivity index (χ1) is 29.1. The molecule has 0 saturated carbocycles. The first kappa shape index (κ1) is 35.2. The summed E-state index contributed by atoms with van der Waals surface area (Å²) < 4.78 is 2.56. The Morgan fingerprint density at radius 2 is 0.847 bits per heavy atom. The van der Waals surface area contributed by atoms with Crippen molar-refractivity contribution in [3.63, 3.8) is 0 Å². The second kappa shape index (κ2) is 14.1. The van der Waals surface area contributed by atoms with Gasteiger partial charge >= 0.3 is 0 Å². The molecular formula is C57H41NS. The van der Waals surface area contributed by atoms with Gasteiger partial charge < -0.3 is 4.90 Å². The van der Waals surface area contributed by atoms with E-state index in [-0.39, 0.29) is 5.41 Å². The largest absolute Gasteiger partial charge is 0.309 e. The molecule has 10 aromatic rings.